The molecule has 1 heterocycles. The van der Waals surface area contributed by atoms with Crippen molar-refractivity contribution in [3.8, 4) is 11.3 Å². The molecule has 0 unspecified atom stereocenters. The zero-order chi connectivity index (χ0) is 16.5. The Morgan fingerprint density at radius 2 is 2.12 bits per heavy atom. The lowest BCUT2D eigenvalue weighted by Gasteiger charge is -2.24. The van der Waals surface area contributed by atoms with Crippen LogP contribution in [0.15, 0.2) is 27.2 Å². The van der Waals surface area contributed by atoms with E-state index in [0.717, 1.165) is 47.7 Å². The number of halogens is 1. The van der Waals surface area contributed by atoms with Gasteiger partial charge in [-0.1, -0.05) is 27.2 Å². The number of sulfonamides is 1. The Kier molecular flexibility index (Phi) is 3.02. The second-order valence-electron chi connectivity index (χ2n) is 7.31. The molecule has 1 spiro atoms. The van der Waals surface area contributed by atoms with Crippen molar-refractivity contribution in [1.82, 2.24) is 5.16 Å². The van der Waals surface area contributed by atoms with Gasteiger partial charge in [-0.15, -0.1) is 0 Å². The van der Waals surface area contributed by atoms with Crippen LogP contribution in [0.1, 0.15) is 36.8 Å². The highest BCUT2D eigenvalue weighted by Gasteiger charge is 2.50. The summed E-state index contributed by atoms with van der Waals surface area (Å²) in [5.74, 6) is 1.56. The second kappa shape index (κ2) is 4.85. The number of rotatable bonds is 4. The van der Waals surface area contributed by atoms with Crippen LogP contribution in [0.4, 0.5) is 5.82 Å². The largest absolute Gasteiger partial charge is 0.354 e. The smallest absolute Gasteiger partial charge is 0.234 e. The molecule has 0 amide bonds. The lowest BCUT2D eigenvalue weighted by atomic mass is 9.79. The molecule has 1 aromatic heterocycles. The fourth-order valence-electron chi connectivity index (χ4n) is 3.75. The molecule has 24 heavy (non-hydrogen) atoms. The van der Waals surface area contributed by atoms with Crippen molar-refractivity contribution in [2.75, 3.05) is 10.5 Å². The van der Waals surface area contributed by atoms with Crippen LogP contribution in [0.2, 0.25) is 0 Å². The highest BCUT2D eigenvalue weighted by Crippen LogP contribution is 2.58. The van der Waals surface area contributed by atoms with Gasteiger partial charge >= 0.3 is 0 Å². The van der Waals surface area contributed by atoms with Crippen molar-refractivity contribution >= 4 is 31.8 Å². The predicted octanol–water partition coefficient (Wildman–Crippen LogP) is 3.84. The summed E-state index contributed by atoms with van der Waals surface area (Å²) in [4.78, 5) is 0. The van der Waals surface area contributed by atoms with Crippen LogP contribution in [-0.2, 0) is 21.9 Å². The van der Waals surface area contributed by atoms with Gasteiger partial charge < -0.3 is 4.52 Å². The summed E-state index contributed by atoms with van der Waals surface area (Å²) in [6.45, 7) is 0. The summed E-state index contributed by atoms with van der Waals surface area (Å²) >= 11 is 3.52. The fourth-order valence-corrected chi connectivity index (χ4v) is 5.60. The van der Waals surface area contributed by atoms with Crippen LogP contribution in [0.5, 0.6) is 0 Å². The maximum Gasteiger partial charge on any atom is 0.234 e. The van der Waals surface area contributed by atoms with Crippen LogP contribution in [0, 0.1) is 5.92 Å². The summed E-state index contributed by atoms with van der Waals surface area (Å²) in [7, 11) is -3.36. The molecule has 0 bridgehead atoms. The Bertz CT molecular complexity index is 943. The van der Waals surface area contributed by atoms with E-state index in [2.05, 4.69) is 37.9 Å². The third-order valence-electron chi connectivity index (χ3n) is 5.36. The number of benzene rings is 1. The van der Waals surface area contributed by atoms with E-state index in [1.54, 1.807) is 0 Å². The molecule has 126 valence electrons. The van der Waals surface area contributed by atoms with E-state index >= 15 is 0 Å². The minimum Gasteiger partial charge on any atom is -0.354 e. The van der Waals surface area contributed by atoms with Crippen LogP contribution in [0.3, 0.4) is 0 Å². The zero-order valence-corrected chi connectivity index (χ0v) is 15.4. The first-order chi connectivity index (χ1) is 11.5. The van der Waals surface area contributed by atoms with Crippen molar-refractivity contribution in [2.24, 2.45) is 5.92 Å². The third-order valence-corrected chi connectivity index (χ3v) is 7.27. The highest BCUT2D eigenvalue weighted by atomic mass is 79.9. The van der Waals surface area contributed by atoms with Gasteiger partial charge in [-0.2, -0.15) is 0 Å². The molecule has 5 rings (SSSR count). The highest BCUT2D eigenvalue weighted by molar-refractivity contribution is 9.10. The van der Waals surface area contributed by atoms with E-state index in [-0.39, 0.29) is 11.2 Å². The summed E-state index contributed by atoms with van der Waals surface area (Å²) in [5, 5.41) is 4.05. The average Bonchev–Trinajstić information content (AvgIpc) is 3.42. The van der Waals surface area contributed by atoms with E-state index in [0.29, 0.717) is 17.5 Å². The molecule has 0 radical (unpaired) electrons. The number of anilines is 1. The number of nitrogens with one attached hydrogen (secondary N) is 1. The van der Waals surface area contributed by atoms with Gasteiger partial charge in [-0.25, -0.2) is 8.42 Å². The molecule has 3 aliphatic carbocycles. The van der Waals surface area contributed by atoms with Gasteiger partial charge in [0, 0.05) is 21.0 Å². The van der Waals surface area contributed by atoms with Crippen molar-refractivity contribution in [1.29, 1.82) is 0 Å². The van der Waals surface area contributed by atoms with E-state index < -0.39 is 10.0 Å². The Morgan fingerprint density at radius 3 is 2.83 bits per heavy atom. The van der Waals surface area contributed by atoms with Gasteiger partial charge in [0.25, 0.3) is 0 Å². The summed E-state index contributed by atoms with van der Waals surface area (Å²) in [6.07, 6.45) is 5.05. The lowest BCUT2D eigenvalue weighted by Crippen LogP contribution is -2.21. The third kappa shape index (κ3) is 2.40. The average molecular weight is 409 g/mol. The van der Waals surface area contributed by atoms with Gasteiger partial charge in [-0.3, -0.25) is 4.72 Å². The molecule has 0 aliphatic heterocycles. The van der Waals surface area contributed by atoms with Gasteiger partial charge in [0.05, 0.1) is 5.75 Å². The molecule has 0 saturated heterocycles. The predicted molar refractivity (Wildman–Crippen MR) is 94.4 cm³/mol. The molecular formula is C17H17BrN2O3S. The van der Waals surface area contributed by atoms with Crippen LogP contribution in [-0.4, -0.2) is 19.3 Å². The van der Waals surface area contributed by atoms with E-state index in [9.17, 15) is 8.42 Å². The molecule has 5 nitrogen and oxygen atoms in total. The molecule has 2 saturated carbocycles. The van der Waals surface area contributed by atoms with Crippen molar-refractivity contribution in [3.63, 3.8) is 0 Å². The van der Waals surface area contributed by atoms with E-state index in [1.807, 2.05) is 6.07 Å². The fraction of sp³-hybridized carbons (Fsp3) is 0.471. The quantitative estimate of drug-likeness (QED) is 0.833. The standard InChI is InChI=1S/C17H17BrN2O3S/c18-11-3-4-14-12(7-11)15-13(8-17(14)5-6-17)16(19-23-15)20-24(21,22)9-10-1-2-10/h3-4,7,10H,1-2,5-6,8-9H2,(H,19,20). The van der Waals surface area contributed by atoms with E-state index in [4.69, 9.17) is 4.52 Å². The first-order valence-electron chi connectivity index (χ1n) is 8.25. The number of fused-ring (bicyclic) bond motifs is 4. The van der Waals surface area contributed by atoms with Crippen molar-refractivity contribution in [3.05, 3.63) is 33.8 Å². The maximum atomic E-state index is 12.3. The Balaban J connectivity index is 1.56. The minimum absolute atomic E-state index is 0.130. The number of nitrogens with zero attached hydrogens (tertiary/aromatic N) is 1. The monoisotopic (exact) mass is 408 g/mol. The molecule has 2 fully saturated rings. The Hall–Kier alpha value is -1.34. The van der Waals surface area contributed by atoms with Gasteiger partial charge in [0.2, 0.25) is 10.0 Å². The maximum absolute atomic E-state index is 12.3. The number of aromatic nitrogens is 1. The van der Waals surface area contributed by atoms with Crippen molar-refractivity contribution < 1.29 is 12.9 Å². The Morgan fingerprint density at radius 1 is 1.33 bits per heavy atom. The Labute approximate surface area is 149 Å². The molecule has 1 aromatic carbocycles. The number of hydrogen-bond acceptors (Lipinski definition) is 4. The molecule has 3 aliphatic rings. The second-order valence-corrected chi connectivity index (χ2v) is 10.00. The van der Waals surface area contributed by atoms with Crippen LogP contribution < -0.4 is 4.72 Å². The normalized spacial score (nSPS) is 20.5. The first kappa shape index (κ1) is 15.0. The molecule has 0 atom stereocenters. The molecule has 2 aromatic rings. The van der Waals surface area contributed by atoms with Gasteiger partial charge in [-0.05, 0) is 55.7 Å². The van der Waals surface area contributed by atoms with E-state index in [1.165, 1.54) is 5.56 Å². The summed E-state index contributed by atoms with van der Waals surface area (Å²) < 4.78 is 33.8. The minimum atomic E-state index is -3.36. The van der Waals surface area contributed by atoms with Crippen LogP contribution >= 0.6 is 15.9 Å². The SMILES string of the molecule is O=S(=O)(CC1CC1)Nc1noc2c1CC1(CC1)c1ccc(Br)cc1-2. The molecular weight excluding hydrogens is 392 g/mol. The lowest BCUT2D eigenvalue weighted by molar-refractivity contribution is 0.431. The van der Waals surface area contributed by atoms with Gasteiger partial charge in [0.1, 0.15) is 0 Å². The molecule has 1 N–H and O–H groups in total. The van der Waals surface area contributed by atoms with Gasteiger partial charge in [0.15, 0.2) is 11.6 Å². The summed E-state index contributed by atoms with van der Waals surface area (Å²) in [6, 6.07) is 6.25. The van der Waals surface area contributed by atoms with Crippen molar-refractivity contribution in [2.45, 2.75) is 37.5 Å². The summed E-state index contributed by atoms with van der Waals surface area (Å²) in [5.41, 5.74) is 3.35. The first-order valence-corrected chi connectivity index (χ1v) is 10.7. The topological polar surface area (TPSA) is 72.2 Å². The van der Waals surface area contributed by atoms with Crippen LogP contribution in [0.25, 0.3) is 11.3 Å². The molecule has 7 heteroatoms. The zero-order valence-electron chi connectivity index (χ0n) is 13.0. The number of hydrogen-bond donors (Lipinski definition) is 1.